The molecule has 0 radical (unpaired) electrons. The highest BCUT2D eigenvalue weighted by molar-refractivity contribution is 7.98. The van der Waals surface area contributed by atoms with Crippen molar-refractivity contribution >= 4 is 17.7 Å². The fourth-order valence-electron chi connectivity index (χ4n) is 0.426. The summed E-state index contributed by atoms with van der Waals surface area (Å²) >= 11 is 1.35. The molecule has 0 aromatic carbocycles. The van der Waals surface area contributed by atoms with Crippen LogP contribution >= 0.6 is 11.9 Å². The zero-order chi connectivity index (χ0) is 5.98. The lowest BCUT2D eigenvalue weighted by atomic mass is 10.3. The Labute approximate surface area is 51.7 Å². The first-order chi connectivity index (χ1) is 3.80. The third-order valence-corrected chi connectivity index (χ3v) is 1.62. The molecular formula is C4H6N2OS. The summed E-state index contributed by atoms with van der Waals surface area (Å²) in [5.74, 6) is 0.841. The van der Waals surface area contributed by atoms with Crippen molar-refractivity contribution in [1.82, 2.24) is 0 Å². The monoisotopic (exact) mass is 130 g/mol. The van der Waals surface area contributed by atoms with Gasteiger partial charge >= 0.3 is 0 Å². The maximum atomic E-state index is 10.5. The van der Waals surface area contributed by atoms with Crippen LogP contribution in [0.25, 0.3) is 0 Å². The van der Waals surface area contributed by atoms with Gasteiger partial charge in [0.05, 0.1) is 0 Å². The molecule has 0 saturated carbocycles. The molecule has 0 spiro atoms. The average Bonchev–Trinajstić information content (AvgIpc) is 2.12. The quantitative estimate of drug-likeness (QED) is 0.498. The maximum absolute atomic E-state index is 10.5. The van der Waals surface area contributed by atoms with Gasteiger partial charge in [-0.25, -0.2) is 0 Å². The van der Waals surface area contributed by atoms with Gasteiger partial charge in [0.1, 0.15) is 6.04 Å². The van der Waals surface area contributed by atoms with E-state index in [1.165, 1.54) is 18.9 Å². The molecule has 44 valence electrons. The van der Waals surface area contributed by atoms with Gasteiger partial charge in [-0.2, -0.15) is 5.11 Å². The summed E-state index contributed by atoms with van der Waals surface area (Å²) in [5, 5.41) is 3.67. The number of carbonyl (C=O) groups is 1. The van der Waals surface area contributed by atoms with E-state index in [2.05, 4.69) is 9.63 Å². The molecule has 8 heavy (non-hydrogen) atoms. The molecule has 0 N–H and O–H groups in total. The highest BCUT2D eigenvalue weighted by atomic mass is 32.2. The molecule has 0 saturated heterocycles. The van der Waals surface area contributed by atoms with Gasteiger partial charge in [-0.1, -0.05) is 0 Å². The highest BCUT2D eigenvalue weighted by Crippen LogP contribution is 2.16. The summed E-state index contributed by atoms with van der Waals surface area (Å²) in [4.78, 5) is 10.5. The topological polar surface area (TPSA) is 41.8 Å². The Morgan fingerprint density at radius 2 is 2.62 bits per heavy atom. The molecule has 0 aliphatic carbocycles. The van der Waals surface area contributed by atoms with Crippen LogP contribution in [0.4, 0.5) is 0 Å². The molecule has 0 amide bonds. The highest BCUT2D eigenvalue weighted by Gasteiger charge is 2.16. The summed E-state index contributed by atoms with van der Waals surface area (Å²) in [6.07, 6.45) is 0. The first kappa shape index (κ1) is 5.75. The zero-order valence-corrected chi connectivity index (χ0v) is 5.31. The lowest BCUT2D eigenvalue weighted by Gasteiger charge is -1.92. The van der Waals surface area contributed by atoms with Crippen LogP contribution in [0.3, 0.4) is 0 Å². The first-order valence-electron chi connectivity index (χ1n) is 2.33. The summed E-state index contributed by atoms with van der Waals surface area (Å²) in [6.45, 7) is 1.54. The van der Waals surface area contributed by atoms with Crippen LogP contribution in [-0.2, 0) is 4.79 Å². The number of ketones is 1. The Morgan fingerprint density at radius 3 is 2.88 bits per heavy atom. The average molecular weight is 130 g/mol. The predicted octanol–water partition coefficient (Wildman–Crippen LogP) is 1.06. The van der Waals surface area contributed by atoms with E-state index in [1.54, 1.807) is 0 Å². The van der Waals surface area contributed by atoms with E-state index >= 15 is 0 Å². The molecule has 0 aromatic rings. The van der Waals surface area contributed by atoms with Gasteiger partial charge in [0.25, 0.3) is 0 Å². The molecule has 0 bridgehead atoms. The van der Waals surface area contributed by atoms with Gasteiger partial charge in [0, 0.05) is 5.75 Å². The largest absolute Gasteiger partial charge is 0.297 e. The second kappa shape index (κ2) is 2.26. The second-order valence-electron chi connectivity index (χ2n) is 1.62. The van der Waals surface area contributed by atoms with E-state index in [1.807, 2.05) is 0 Å². The van der Waals surface area contributed by atoms with Gasteiger partial charge in [-0.15, -0.1) is 4.52 Å². The van der Waals surface area contributed by atoms with Crippen molar-refractivity contribution in [3.8, 4) is 0 Å². The van der Waals surface area contributed by atoms with E-state index in [-0.39, 0.29) is 11.8 Å². The van der Waals surface area contributed by atoms with Crippen LogP contribution in [-0.4, -0.2) is 17.6 Å². The fourth-order valence-corrected chi connectivity index (χ4v) is 1.12. The summed E-state index contributed by atoms with van der Waals surface area (Å²) < 4.78 is 3.61. The van der Waals surface area contributed by atoms with Crippen molar-refractivity contribution in [1.29, 1.82) is 0 Å². The normalized spacial score (nSPS) is 26.4. The smallest absolute Gasteiger partial charge is 0.157 e. The molecule has 1 unspecified atom stereocenters. The minimum Gasteiger partial charge on any atom is -0.297 e. The molecule has 0 aromatic heterocycles. The van der Waals surface area contributed by atoms with Gasteiger partial charge < -0.3 is 0 Å². The number of nitrogens with zero attached hydrogens (tertiary/aromatic N) is 2. The SMILES string of the molecule is CC(=O)C1CSN=N1. The summed E-state index contributed by atoms with van der Waals surface area (Å²) in [5.41, 5.74) is 0. The van der Waals surface area contributed by atoms with Crippen LogP contribution in [0.1, 0.15) is 6.92 Å². The first-order valence-corrected chi connectivity index (χ1v) is 3.27. The van der Waals surface area contributed by atoms with E-state index in [9.17, 15) is 4.79 Å². The van der Waals surface area contributed by atoms with Crippen molar-refractivity contribution in [3.05, 3.63) is 0 Å². The van der Waals surface area contributed by atoms with Gasteiger partial charge in [-0.05, 0) is 18.9 Å². The molecule has 1 aliphatic heterocycles. The molecule has 4 heteroatoms. The molecule has 1 atom stereocenters. The van der Waals surface area contributed by atoms with Crippen LogP contribution in [0.15, 0.2) is 9.63 Å². The van der Waals surface area contributed by atoms with Gasteiger partial charge in [-0.3, -0.25) is 4.79 Å². The van der Waals surface area contributed by atoms with Crippen LogP contribution in [0.2, 0.25) is 0 Å². The minimum absolute atomic E-state index is 0.110. The maximum Gasteiger partial charge on any atom is 0.157 e. The third kappa shape index (κ3) is 1.06. The number of carbonyl (C=O) groups excluding carboxylic acids is 1. The van der Waals surface area contributed by atoms with Crippen LogP contribution < -0.4 is 0 Å². The lowest BCUT2D eigenvalue weighted by molar-refractivity contribution is -0.117. The lowest BCUT2D eigenvalue weighted by Crippen LogP contribution is -2.13. The number of rotatable bonds is 1. The Kier molecular flexibility index (Phi) is 1.62. The predicted molar refractivity (Wildman–Crippen MR) is 31.8 cm³/mol. The van der Waals surface area contributed by atoms with Crippen molar-refractivity contribution in [2.45, 2.75) is 13.0 Å². The summed E-state index contributed by atoms with van der Waals surface area (Å²) in [6, 6.07) is -0.153. The number of hydrogen-bond donors (Lipinski definition) is 0. The van der Waals surface area contributed by atoms with Crippen molar-refractivity contribution in [3.63, 3.8) is 0 Å². The minimum atomic E-state index is -0.153. The summed E-state index contributed by atoms with van der Waals surface area (Å²) in [7, 11) is 0. The molecule has 3 nitrogen and oxygen atoms in total. The molecular weight excluding hydrogens is 124 g/mol. The Bertz CT molecular complexity index is 134. The Morgan fingerprint density at radius 1 is 1.88 bits per heavy atom. The molecule has 0 fully saturated rings. The molecule has 1 rings (SSSR count). The van der Waals surface area contributed by atoms with E-state index < -0.39 is 0 Å². The zero-order valence-electron chi connectivity index (χ0n) is 4.50. The fraction of sp³-hybridized carbons (Fsp3) is 0.750. The van der Waals surface area contributed by atoms with Gasteiger partial charge in [0.2, 0.25) is 0 Å². The second-order valence-corrected chi connectivity index (χ2v) is 2.37. The van der Waals surface area contributed by atoms with E-state index in [4.69, 9.17) is 0 Å². The van der Waals surface area contributed by atoms with Crippen LogP contribution in [0, 0.1) is 0 Å². The standard InChI is InChI=1S/C4H6N2OS/c1-3(7)4-2-8-6-5-4/h4H,2H2,1H3. The van der Waals surface area contributed by atoms with E-state index in [0.717, 1.165) is 5.75 Å². The molecule has 1 heterocycles. The van der Waals surface area contributed by atoms with E-state index in [0.29, 0.717) is 0 Å². The molecule has 1 aliphatic rings. The Hall–Kier alpha value is -0.380. The van der Waals surface area contributed by atoms with Crippen molar-refractivity contribution < 1.29 is 4.79 Å². The van der Waals surface area contributed by atoms with Crippen molar-refractivity contribution in [2.75, 3.05) is 5.75 Å². The van der Waals surface area contributed by atoms with Gasteiger partial charge in [0.15, 0.2) is 5.78 Å². The number of hydrogen-bond acceptors (Lipinski definition) is 4. The number of Topliss-reactive ketones (excluding diaryl/α,β-unsaturated/α-hetero) is 1. The van der Waals surface area contributed by atoms with Crippen molar-refractivity contribution in [2.24, 2.45) is 9.63 Å². The van der Waals surface area contributed by atoms with Crippen LogP contribution in [0.5, 0.6) is 0 Å². The Balaban J connectivity index is 2.48. The third-order valence-electron chi connectivity index (χ3n) is 0.946.